The molecule has 1 saturated heterocycles. The van der Waals surface area contributed by atoms with Crippen molar-refractivity contribution in [2.45, 2.75) is 17.4 Å². The topological polar surface area (TPSA) is 87.2 Å². The third kappa shape index (κ3) is 2.35. The maximum absolute atomic E-state index is 12.3. The van der Waals surface area contributed by atoms with E-state index in [2.05, 4.69) is 0 Å². The summed E-state index contributed by atoms with van der Waals surface area (Å²) >= 11 is 5.91. The van der Waals surface area contributed by atoms with Crippen LogP contribution in [0.3, 0.4) is 0 Å². The fraction of sp³-hybridized carbons (Fsp3) is 0.364. The molecule has 5 nitrogen and oxygen atoms in total. The van der Waals surface area contributed by atoms with Crippen LogP contribution in [-0.2, 0) is 10.0 Å². The number of benzene rings is 1. The molecule has 18 heavy (non-hydrogen) atoms. The lowest BCUT2D eigenvalue weighted by Gasteiger charge is -2.16. The van der Waals surface area contributed by atoms with Crippen molar-refractivity contribution in [3.05, 3.63) is 28.8 Å². The number of nitriles is 1. The molecule has 96 valence electrons. The number of halogens is 1. The minimum absolute atomic E-state index is 0.0303. The summed E-state index contributed by atoms with van der Waals surface area (Å²) in [6, 6.07) is 5.95. The van der Waals surface area contributed by atoms with E-state index < -0.39 is 10.0 Å². The summed E-state index contributed by atoms with van der Waals surface area (Å²) in [7, 11) is -3.66. The van der Waals surface area contributed by atoms with E-state index >= 15 is 0 Å². The van der Waals surface area contributed by atoms with E-state index in [1.165, 1.54) is 22.5 Å². The highest BCUT2D eigenvalue weighted by Gasteiger charge is 2.32. The summed E-state index contributed by atoms with van der Waals surface area (Å²) in [5.74, 6) is 0. The molecule has 1 aromatic rings. The zero-order valence-corrected chi connectivity index (χ0v) is 11.1. The number of sulfonamides is 1. The van der Waals surface area contributed by atoms with Crippen molar-refractivity contribution in [1.82, 2.24) is 4.31 Å². The Morgan fingerprint density at radius 1 is 1.50 bits per heavy atom. The van der Waals surface area contributed by atoms with Gasteiger partial charge in [-0.25, -0.2) is 8.42 Å². The van der Waals surface area contributed by atoms with Gasteiger partial charge in [0.2, 0.25) is 10.0 Å². The van der Waals surface area contributed by atoms with Crippen LogP contribution in [0.25, 0.3) is 0 Å². The Kier molecular flexibility index (Phi) is 3.59. The van der Waals surface area contributed by atoms with Gasteiger partial charge in [-0.3, -0.25) is 0 Å². The molecule has 1 heterocycles. The van der Waals surface area contributed by atoms with E-state index in [4.69, 9.17) is 22.6 Å². The van der Waals surface area contributed by atoms with Crippen LogP contribution < -0.4 is 5.73 Å². The lowest BCUT2D eigenvalue weighted by atomic mass is 10.2. The highest BCUT2D eigenvalue weighted by molar-refractivity contribution is 7.89. The van der Waals surface area contributed by atoms with Crippen LogP contribution in [0, 0.1) is 11.3 Å². The SMILES string of the molecule is N#Cc1ccc(Cl)c(S(=O)(=O)N2CC[C@H](N)C2)c1. The van der Waals surface area contributed by atoms with Gasteiger partial charge in [0.25, 0.3) is 0 Å². The van der Waals surface area contributed by atoms with Crippen molar-refractivity contribution in [3.8, 4) is 6.07 Å². The molecule has 7 heteroatoms. The fourth-order valence-corrected chi connectivity index (χ4v) is 3.89. The van der Waals surface area contributed by atoms with Gasteiger partial charge in [-0.15, -0.1) is 0 Å². The van der Waals surface area contributed by atoms with E-state index in [1.807, 2.05) is 6.07 Å². The molecule has 0 bridgehead atoms. The van der Waals surface area contributed by atoms with Crippen LogP contribution in [0.15, 0.2) is 23.1 Å². The Labute approximate surface area is 111 Å². The minimum atomic E-state index is -3.66. The van der Waals surface area contributed by atoms with E-state index in [9.17, 15) is 8.42 Å². The Morgan fingerprint density at radius 3 is 2.78 bits per heavy atom. The van der Waals surface area contributed by atoms with Crippen molar-refractivity contribution in [2.75, 3.05) is 13.1 Å². The van der Waals surface area contributed by atoms with Gasteiger partial charge >= 0.3 is 0 Å². The molecule has 1 aliphatic rings. The van der Waals surface area contributed by atoms with Gasteiger partial charge in [-0.2, -0.15) is 9.57 Å². The van der Waals surface area contributed by atoms with Crippen LogP contribution in [0.2, 0.25) is 5.02 Å². The first kappa shape index (κ1) is 13.3. The monoisotopic (exact) mass is 285 g/mol. The lowest BCUT2D eigenvalue weighted by Crippen LogP contribution is -2.32. The van der Waals surface area contributed by atoms with E-state index in [0.717, 1.165) is 0 Å². The first-order valence-corrected chi connectivity index (χ1v) is 7.22. The molecule has 0 saturated carbocycles. The molecular weight excluding hydrogens is 274 g/mol. The molecule has 2 rings (SSSR count). The Morgan fingerprint density at radius 2 is 2.22 bits per heavy atom. The highest BCUT2D eigenvalue weighted by Crippen LogP contribution is 2.27. The molecule has 1 aromatic carbocycles. The Balaban J connectivity index is 2.45. The number of nitrogens with zero attached hydrogens (tertiary/aromatic N) is 2. The average molecular weight is 286 g/mol. The molecule has 2 N–H and O–H groups in total. The number of rotatable bonds is 2. The van der Waals surface area contributed by atoms with Crippen molar-refractivity contribution < 1.29 is 8.42 Å². The predicted molar refractivity (Wildman–Crippen MR) is 67.5 cm³/mol. The van der Waals surface area contributed by atoms with Gasteiger partial charge in [0.1, 0.15) is 4.90 Å². The van der Waals surface area contributed by atoms with Crippen LogP contribution >= 0.6 is 11.6 Å². The Hall–Kier alpha value is -1.13. The summed E-state index contributed by atoms with van der Waals surface area (Å²) in [4.78, 5) is -0.0303. The zero-order valence-electron chi connectivity index (χ0n) is 9.51. The van der Waals surface area contributed by atoms with Crippen molar-refractivity contribution in [1.29, 1.82) is 5.26 Å². The van der Waals surface area contributed by atoms with Crippen LogP contribution in [-0.4, -0.2) is 31.9 Å². The fourth-order valence-electron chi connectivity index (χ4n) is 1.88. The van der Waals surface area contributed by atoms with Crippen molar-refractivity contribution >= 4 is 21.6 Å². The molecule has 0 unspecified atom stereocenters. The van der Waals surface area contributed by atoms with Gasteiger partial charge in [0, 0.05) is 19.1 Å². The first-order chi connectivity index (χ1) is 8.45. The second kappa shape index (κ2) is 4.86. The molecule has 0 amide bonds. The summed E-state index contributed by atoms with van der Waals surface area (Å²) in [6.45, 7) is 0.673. The maximum Gasteiger partial charge on any atom is 0.244 e. The van der Waals surface area contributed by atoms with Gasteiger partial charge in [-0.05, 0) is 24.6 Å². The number of hydrogen-bond donors (Lipinski definition) is 1. The minimum Gasteiger partial charge on any atom is -0.326 e. The molecule has 1 aliphatic heterocycles. The second-order valence-electron chi connectivity index (χ2n) is 4.17. The maximum atomic E-state index is 12.3. The Bertz CT molecular complexity index is 609. The molecule has 0 aromatic heterocycles. The van der Waals surface area contributed by atoms with Crippen molar-refractivity contribution in [2.24, 2.45) is 5.73 Å². The highest BCUT2D eigenvalue weighted by atomic mass is 35.5. The molecule has 0 spiro atoms. The first-order valence-electron chi connectivity index (χ1n) is 5.40. The lowest BCUT2D eigenvalue weighted by molar-refractivity contribution is 0.472. The second-order valence-corrected chi connectivity index (χ2v) is 6.48. The van der Waals surface area contributed by atoms with Crippen LogP contribution in [0.4, 0.5) is 0 Å². The smallest absolute Gasteiger partial charge is 0.244 e. The quantitative estimate of drug-likeness (QED) is 0.876. The third-order valence-electron chi connectivity index (χ3n) is 2.87. The van der Waals surface area contributed by atoms with Gasteiger partial charge in [0.05, 0.1) is 16.7 Å². The third-order valence-corrected chi connectivity index (χ3v) is 5.21. The molecule has 0 radical (unpaired) electrons. The van der Waals surface area contributed by atoms with Gasteiger partial charge in [-0.1, -0.05) is 11.6 Å². The summed E-state index contributed by atoms with van der Waals surface area (Å²) in [5, 5.41) is 8.92. The number of nitrogens with two attached hydrogens (primary N) is 1. The predicted octanol–water partition coefficient (Wildman–Crippen LogP) is 0.933. The average Bonchev–Trinajstić information content (AvgIpc) is 2.77. The largest absolute Gasteiger partial charge is 0.326 e. The normalized spacial score (nSPS) is 20.8. The van der Waals surface area contributed by atoms with E-state index in [0.29, 0.717) is 13.0 Å². The zero-order chi connectivity index (χ0) is 13.3. The van der Waals surface area contributed by atoms with Crippen LogP contribution in [0.5, 0.6) is 0 Å². The van der Waals surface area contributed by atoms with Crippen LogP contribution in [0.1, 0.15) is 12.0 Å². The molecule has 1 fully saturated rings. The standard InChI is InChI=1S/C11H12ClN3O2S/c12-10-2-1-8(6-13)5-11(10)18(16,17)15-4-3-9(14)7-15/h1-2,5,9H,3-4,7,14H2/t9-/m0/s1. The van der Waals surface area contributed by atoms with Gasteiger partial charge in [0.15, 0.2) is 0 Å². The molecule has 0 aliphatic carbocycles. The van der Waals surface area contributed by atoms with Crippen molar-refractivity contribution in [3.63, 3.8) is 0 Å². The molecular formula is C11H12ClN3O2S. The van der Waals surface area contributed by atoms with Gasteiger partial charge < -0.3 is 5.73 Å². The number of hydrogen-bond acceptors (Lipinski definition) is 4. The van der Waals surface area contributed by atoms with E-state index in [1.54, 1.807) is 0 Å². The summed E-state index contributed by atoms with van der Waals surface area (Å²) in [5.41, 5.74) is 5.97. The molecule has 1 atom stereocenters. The summed E-state index contributed by atoms with van der Waals surface area (Å²) < 4.78 is 26.0. The summed E-state index contributed by atoms with van der Waals surface area (Å²) in [6.07, 6.45) is 0.634. The van der Waals surface area contributed by atoms with E-state index in [-0.39, 0.29) is 28.1 Å².